The number of esters is 1. The van der Waals surface area contributed by atoms with Gasteiger partial charge in [-0.2, -0.15) is 4.31 Å². The highest BCUT2D eigenvalue weighted by Crippen LogP contribution is 2.29. The molecule has 3 aromatic rings. The van der Waals surface area contributed by atoms with Crippen LogP contribution in [0.15, 0.2) is 62.7 Å². The molecule has 1 saturated heterocycles. The molecule has 0 saturated carbocycles. The monoisotopic (exact) mass is 612 g/mol. The van der Waals surface area contributed by atoms with E-state index in [0.717, 1.165) is 59.4 Å². The van der Waals surface area contributed by atoms with E-state index in [-0.39, 0.29) is 38.6 Å². The number of benzene rings is 2. The number of amides is 1. The first kappa shape index (κ1) is 29.2. The number of hydrogen-bond acceptors (Lipinski definition) is 11. The Kier molecular flexibility index (Phi) is 8.57. The van der Waals surface area contributed by atoms with E-state index in [9.17, 15) is 40.9 Å². The number of halogens is 1. The second-order valence-corrected chi connectivity index (χ2v) is 13.6. The largest absolute Gasteiger partial charge is 0.452 e. The Bertz CT molecular complexity index is 1670. The quantitative estimate of drug-likeness (QED) is 0.214. The van der Waals surface area contributed by atoms with Crippen molar-refractivity contribution in [2.75, 3.05) is 25.0 Å². The van der Waals surface area contributed by atoms with Crippen molar-refractivity contribution in [3.8, 4) is 0 Å². The number of anilines is 1. The molecule has 2 aromatic carbocycles. The van der Waals surface area contributed by atoms with Crippen LogP contribution in [-0.4, -0.2) is 62.6 Å². The molecule has 2 heterocycles. The molecule has 212 valence electrons. The van der Waals surface area contributed by atoms with Gasteiger partial charge in [-0.15, -0.1) is 0 Å². The van der Waals surface area contributed by atoms with Gasteiger partial charge in [-0.1, -0.05) is 17.8 Å². The molecule has 40 heavy (non-hydrogen) atoms. The zero-order valence-corrected chi connectivity index (χ0v) is 22.9. The maximum absolute atomic E-state index is 14.4. The third-order valence-electron chi connectivity index (χ3n) is 5.79. The van der Waals surface area contributed by atoms with Crippen LogP contribution in [0.4, 0.5) is 15.2 Å². The molecule has 0 spiro atoms. The highest BCUT2D eigenvalue weighted by molar-refractivity contribution is 7.93. The van der Waals surface area contributed by atoms with Crippen molar-refractivity contribution in [2.45, 2.75) is 33.3 Å². The molecule has 0 aliphatic carbocycles. The summed E-state index contributed by atoms with van der Waals surface area (Å²) in [5, 5.41) is 12.9. The summed E-state index contributed by atoms with van der Waals surface area (Å²) in [5.74, 6) is -2.97. The van der Waals surface area contributed by atoms with Crippen molar-refractivity contribution < 1.29 is 40.5 Å². The summed E-state index contributed by atoms with van der Waals surface area (Å²) in [5.41, 5.74) is -0.568. The van der Waals surface area contributed by atoms with Crippen LogP contribution in [0.25, 0.3) is 0 Å². The van der Waals surface area contributed by atoms with Crippen LogP contribution in [0.1, 0.15) is 29.6 Å². The first-order chi connectivity index (χ1) is 18.9. The number of piperidine rings is 1. The zero-order chi connectivity index (χ0) is 29.1. The highest BCUT2D eigenvalue weighted by Gasteiger charge is 2.30. The maximum atomic E-state index is 14.4. The molecule has 1 N–H and O–H groups in total. The molecule has 0 atom stereocenters. The Morgan fingerprint density at radius 2 is 1.75 bits per heavy atom. The Morgan fingerprint density at radius 3 is 2.40 bits per heavy atom. The summed E-state index contributed by atoms with van der Waals surface area (Å²) < 4.78 is 71.4. The molecule has 0 radical (unpaired) electrons. The van der Waals surface area contributed by atoms with Crippen molar-refractivity contribution >= 4 is 53.9 Å². The smallest absolute Gasteiger partial charge is 0.338 e. The van der Waals surface area contributed by atoms with E-state index in [2.05, 4.69) is 10.3 Å². The maximum Gasteiger partial charge on any atom is 0.338 e. The van der Waals surface area contributed by atoms with Gasteiger partial charge in [-0.25, -0.2) is 31.0 Å². The molecule has 17 heteroatoms. The second-order valence-electron chi connectivity index (χ2n) is 8.47. The number of non-ortho nitro benzene ring substituents is 1. The van der Waals surface area contributed by atoms with E-state index in [0.29, 0.717) is 24.2 Å². The van der Waals surface area contributed by atoms with Crippen LogP contribution < -0.4 is 5.32 Å². The second kappa shape index (κ2) is 11.7. The lowest BCUT2D eigenvalue weighted by Crippen LogP contribution is -2.36. The number of nitrogens with one attached hydrogen (secondary N) is 1. The number of nitrogens with zero attached hydrogens (tertiary/aromatic N) is 3. The van der Waals surface area contributed by atoms with E-state index < -0.39 is 54.0 Å². The summed E-state index contributed by atoms with van der Waals surface area (Å²) in [6, 6.07) is 6.94. The van der Waals surface area contributed by atoms with Gasteiger partial charge in [0.25, 0.3) is 11.6 Å². The lowest BCUT2D eigenvalue weighted by molar-refractivity contribution is -0.384. The van der Waals surface area contributed by atoms with Crippen molar-refractivity contribution in [1.29, 1.82) is 0 Å². The topological polar surface area (TPSA) is 183 Å². The third kappa shape index (κ3) is 6.33. The molecule has 1 aliphatic heterocycles. The average Bonchev–Trinajstić information content (AvgIpc) is 3.41. The average molecular weight is 613 g/mol. The number of sulfone groups is 1. The first-order valence-electron chi connectivity index (χ1n) is 11.6. The predicted octanol–water partition coefficient (Wildman–Crippen LogP) is 2.99. The van der Waals surface area contributed by atoms with Gasteiger partial charge in [0.1, 0.15) is 14.9 Å². The minimum absolute atomic E-state index is 0.127. The summed E-state index contributed by atoms with van der Waals surface area (Å²) in [6.45, 7) is -0.344. The van der Waals surface area contributed by atoms with Gasteiger partial charge in [-0.3, -0.25) is 20.2 Å². The van der Waals surface area contributed by atoms with E-state index in [1.807, 2.05) is 0 Å². The van der Waals surface area contributed by atoms with Crippen LogP contribution in [0.2, 0.25) is 0 Å². The van der Waals surface area contributed by atoms with E-state index >= 15 is 0 Å². The fourth-order valence-electron chi connectivity index (χ4n) is 3.75. The number of nitro benzene ring substituents is 1. The number of carbonyl (C=O) groups excluding carboxylic acids is 2. The number of ether oxygens (including phenoxy) is 1. The number of sulfonamides is 1. The van der Waals surface area contributed by atoms with Crippen LogP contribution in [0.5, 0.6) is 0 Å². The SMILES string of the molecule is O=C(COC(=O)c1ccc(F)c(S(=O)(=O)N2CCCCC2)c1)Nc1ncc(S(=O)(=O)c2ccc([N+](=O)[O-])cc2)s1. The minimum atomic E-state index is -4.17. The van der Waals surface area contributed by atoms with Crippen molar-refractivity contribution in [3.63, 3.8) is 0 Å². The van der Waals surface area contributed by atoms with Gasteiger partial charge >= 0.3 is 5.97 Å². The highest BCUT2D eigenvalue weighted by atomic mass is 32.2. The third-order valence-corrected chi connectivity index (χ3v) is 10.8. The first-order valence-corrected chi connectivity index (χ1v) is 15.4. The number of aromatic nitrogens is 1. The fraction of sp³-hybridized carbons (Fsp3) is 0.261. The van der Waals surface area contributed by atoms with Crippen LogP contribution in [0, 0.1) is 15.9 Å². The molecule has 1 fully saturated rings. The Labute approximate surface area is 231 Å². The molecule has 1 aromatic heterocycles. The van der Waals surface area contributed by atoms with E-state index in [4.69, 9.17) is 4.74 Å². The summed E-state index contributed by atoms with van der Waals surface area (Å²) >= 11 is 0.606. The molecule has 4 rings (SSSR count). The lowest BCUT2D eigenvalue weighted by Gasteiger charge is -2.26. The predicted molar refractivity (Wildman–Crippen MR) is 139 cm³/mol. The van der Waals surface area contributed by atoms with Gasteiger partial charge in [0, 0.05) is 25.2 Å². The van der Waals surface area contributed by atoms with Crippen LogP contribution in [-0.2, 0) is 29.4 Å². The van der Waals surface area contributed by atoms with E-state index in [1.165, 1.54) is 0 Å². The molecular formula is C23H21FN4O9S3. The Balaban J connectivity index is 1.38. The van der Waals surface area contributed by atoms with E-state index in [1.54, 1.807) is 0 Å². The number of rotatable bonds is 9. The Morgan fingerprint density at radius 1 is 1.07 bits per heavy atom. The molecule has 1 aliphatic rings. The molecule has 13 nitrogen and oxygen atoms in total. The zero-order valence-electron chi connectivity index (χ0n) is 20.5. The van der Waals surface area contributed by atoms with Gasteiger partial charge in [0.2, 0.25) is 19.9 Å². The summed E-state index contributed by atoms with van der Waals surface area (Å²) in [7, 11) is -8.24. The lowest BCUT2D eigenvalue weighted by atomic mass is 10.2. The normalized spacial score (nSPS) is 14.4. The van der Waals surface area contributed by atoms with Crippen molar-refractivity contribution in [1.82, 2.24) is 9.29 Å². The number of nitro groups is 1. The summed E-state index contributed by atoms with van der Waals surface area (Å²) in [4.78, 5) is 37.8. The standard InChI is InChI=1S/C23H21FN4O9S3/c24-18-9-4-15(12-19(18)40(35,36)27-10-2-1-3-11-27)22(30)37-14-20(29)26-23-25-13-21(38-23)39(33,34)17-7-5-16(6-8-17)28(31)32/h4-9,12-13H,1-3,10-11,14H2,(H,25,26,29). The molecule has 0 bridgehead atoms. The van der Waals surface area contributed by atoms with Crippen molar-refractivity contribution in [2.24, 2.45) is 0 Å². The summed E-state index contributed by atoms with van der Waals surface area (Å²) in [6.07, 6.45) is 3.13. The molecule has 1 amide bonds. The van der Waals surface area contributed by atoms with Crippen LogP contribution in [0.3, 0.4) is 0 Å². The van der Waals surface area contributed by atoms with Gasteiger partial charge in [0.05, 0.1) is 21.6 Å². The fourth-order valence-corrected chi connectivity index (χ4v) is 7.80. The molecule has 0 unspecified atom stereocenters. The number of hydrogen-bond donors (Lipinski definition) is 1. The van der Waals surface area contributed by atoms with Crippen LogP contribution >= 0.6 is 11.3 Å². The van der Waals surface area contributed by atoms with Gasteiger partial charge in [-0.05, 0) is 43.2 Å². The number of carbonyl (C=O) groups is 2. The van der Waals surface area contributed by atoms with Crippen molar-refractivity contribution in [3.05, 3.63) is 70.2 Å². The van der Waals surface area contributed by atoms with Gasteiger partial charge in [0.15, 0.2) is 11.7 Å². The van der Waals surface area contributed by atoms with Gasteiger partial charge < -0.3 is 4.74 Å². The molecular weight excluding hydrogens is 591 g/mol. The Hall–Kier alpha value is -3.80. The minimum Gasteiger partial charge on any atom is -0.452 e. The number of thiazole rings is 1.